The minimum absolute atomic E-state index is 0.473. The number of alkyl halides is 3. The number of anilines is 2. The lowest BCUT2D eigenvalue weighted by molar-refractivity contribution is -0.141. The maximum atomic E-state index is 12.7. The van der Waals surface area contributed by atoms with Gasteiger partial charge in [0.15, 0.2) is 0 Å². The first-order valence-corrected chi connectivity index (χ1v) is 10.3. The van der Waals surface area contributed by atoms with Crippen LogP contribution in [0, 0.1) is 11.3 Å². The fourth-order valence-corrected chi connectivity index (χ4v) is 3.81. The monoisotopic (exact) mass is 458 g/mol. The van der Waals surface area contributed by atoms with Gasteiger partial charge in [-0.05, 0) is 36.2 Å². The normalized spacial score (nSPS) is 13.4. The lowest BCUT2D eigenvalue weighted by Gasteiger charge is -2.31. The van der Waals surface area contributed by atoms with E-state index < -0.39 is 11.9 Å². The smallest absolute Gasteiger partial charge is 0.369 e. The summed E-state index contributed by atoms with van der Waals surface area (Å²) in [6.45, 7) is 1.70. The lowest BCUT2D eigenvalue weighted by atomic mass is 10.0. The third-order valence-electron chi connectivity index (χ3n) is 5.24. The molecular weight excluding hydrogens is 441 g/mol. The summed E-state index contributed by atoms with van der Waals surface area (Å²) in [6, 6.07) is 9.84. The van der Waals surface area contributed by atoms with E-state index >= 15 is 0 Å². The minimum atomic E-state index is -4.45. The van der Waals surface area contributed by atoms with E-state index in [4.69, 9.17) is 11.6 Å². The Morgan fingerprint density at radius 1 is 1.16 bits per heavy atom. The highest BCUT2D eigenvalue weighted by Gasteiger charge is 2.32. The van der Waals surface area contributed by atoms with Crippen LogP contribution < -0.4 is 10.2 Å². The molecule has 32 heavy (non-hydrogen) atoms. The molecule has 6 nitrogen and oxygen atoms in total. The lowest BCUT2D eigenvalue weighted by Crippen LogP contribution is -2.32. The van der Waals surface area contributed by atoms with Gasteiger partial charge in [-0.3, -0.25) is 4.98 Å². The number of aromatic nitrogens is 3. The van der Waals surface area contributed by atoms with Crippen LogP contribution in [-0.2, 0) is 25.6 Å². The first-order valence-electron chi connectivity index (χ1n) is 9.88. The summed E-state index contributed by atoms with van der Waals surface area (Å²) in [5.74, 6) is 0.673. The van der Waals surface area contributed by atoms with Crippen molar-refractivity contribution in [3.8, 4) is 6.07 Å². The average molecular weight is 459 g/mol. The summed E-state index contributed by atoms with van der Waals surface area (Å²) in [4.78, 5) is 14.3. The van der Waals surface area contributed by atoms with Gasteiger partial charge in [-0.2, -0.15) is 18.4 Å². The van der Waals surface area contributed by atoms with Crippen molar-refractivity contribution < 1.29 is 13.2 Å². The molecular formula is C22H18ClF3N6. The molecule has 0 saturated carbocycles. The molecule has 0 amide bonds. The van der Waals surface area contributed by atoms with Crippen LogP contribution in [0.15, 0.2) is 42.9 Å². The average Bonchev–Trinajstić information content (AvgIpc) is 2.78. The Morgan fingerprint density at radius 2 is 2.00 bits per heavy atom. The Morgan fingerprint density at radius 3 is 2.72 bits per heavy atom. The number of rotatable bonds is 5. The van der Waals surface area contributed by atoms with Crippen LogP contribution in [-0.4, -0.2) is 28.0 Å². The third-order valence-corrected chi connectivity index (χ3v) is 5.48. The molecule has 1 aliphatic heterocycles. The van der Waals surface area contributed by atoms with Crippen molar-refractivity contribution >= 4 is 23.1 Å². The molecule has 10 heteroatoms. The van der Waals surface area contributed by atoms with Gasteiger partial charge in [0.25, 0.3) is 0 Å². The Bertz CT molecular complexity index is 1160. The van der Waals surface area contributed by atoms with E-state index in [0.29, 0.717) is 54.4 Å². The van der Waals surface area contributed by atoms with Crippen LogP contribution in [0.5, 0.6) is 0 Å². The summed E-state index contributed by atoms with van der Waals surface area (Å²) in [5, 5.41) is 13.2. The van der Waals surface area contributed by atoms with Crippen LogP contribution in [0.2, 0.25) is 5.02 Å². The van der Waals surface area contributed by atoms with Crippen LogP contribution in [0.25, 0.3) is 0 Å². The molecule has 0 aliphatic carbocycles. The number of hydrogen-bond acceptors (Lipinski definition) is 6. The second-order valence-corrected chi connectivity index (χ2v) is 7.76. The van der Waals surface area contributed by atoms with E-state index in [1.165, 1.54) is 18.6 Å². The predicted molar refractivity (Wildman–Crippen MR) is 114 cm³/mol. The predicted octanol–water partition coefficient (Wildman–Crippen LogP) is 4.63. The molecule has 0 spiro atoms. The largest absolute Gasteiger partial charge is 0.433 e. The zero-order chi connectivity index (χ0) is 22.7. The molecule has 3 heterocycles. The number of nitrogens with zero attached hydrogens (tertiary/aromatic N) is 5. The van der Waals surface area contributed by atoms with Crippen molar-refractivity contribution in [2.24, 2.45) is 0 Å². The van der Waals surface area contributed by atoms with E-state index in [9.17, 15) is 18.4 Å². The fourth-order valence-electron chi connectivity index (χ4n) is 3.64. The van der Waals surface area contributed by atoms with Gasteiger partial charge in [0, 0.05) is 42.8 Å². The van der Waals surface area contributed by atoms with E-state index in [1.54, 1.807) is 12.1 Å². The fraction of sp³-hybridized carbons (Fsp3) is 0.273. The van der Waals surface area contributed by atoms with Crippen molar-refractivity contribution in [2.75, 3.05) is 23.3 Å². The summed E-state index contributed by atoms with van der Waals surface area (Å²) in [7, 11) is 0. The Balaban J connectivity index is 1.46. The maximum absolute atomic E-state index is 12.7. The molecule has 1 aromatic carbocycles. The number of halogens is 4. The van der Waals surface area contributed by atoms with Crippen molar-refractivity contribution in [3.63, 3.8) is 0 Å². The number of nitriles is 1. The SMILES string of the molecule is N#Cc1cc(Cl)ccc1N1CCc2ncnc(NCCc3ccc(C(F)(F)F)nc3)c2C1. The van der Waals surface area contributed by atoms with Gasteiger partial charge < -0.3 is 10.2 Å². The third kappa shape index (κ3) is 4.75. The first kappa shape index (κ1) is 21.8. The van der Waals surface area contributed by atoms with Gasteiger partial charge >= 0.3 is 6.18 Å². The Kier molecular flexibility index (Phi) is 6.15. The highest BCUT2D eigenvalue weighted by Crippen LogP contribution is 2.31. The minimum Gasteiger partial charge on any atom is -0.369 e. The second-order valence-electron chi connectivity index (χ2n) is 7.32. The Hall–Kier alpha value is -3.38. The van der Waals surface area contributed by atoms with E-state index in [2.05, 4.69) is 31.2 Å². The molecule has 1 aliphatic rings. The van der Waals surface area contributed by atoms with Crippen molar-refractivity contribution in [1.29, 1.82) is 5.26 Å². The second kappa shape index (κ2) is 9.01. The summed E-state index contributed by atoms with van der Waals surface area (Å²) in [5.41, 5.74) is 2.95. The van der Waals surface area contributed by atoms with E-state index in [-0.39, 0.29) is 0 Å². The summed E-state index contributed by atoms with van der Waals surface area (Å²) in [6.07, 6.45) is -0.518. The van der Waals surface area contributed by atoms with Gasteiger partial charge in [0.05, 0.1) is 16.9 Å². The standard InChI is InChI=1S/C22H18ClF3N6/c23-16-2-3-19(15(9-16)10-27)32-8-6-18-17(12-32)21(31-13-30-18)28-7-5-14-1-4-20(29-11-14)22(24,25)26/h1-4,9,11,13H,5-8,12H2,(H,28,30,31). The zero-order valence-corrected chi connectivity index (χ0v) is 17.6. The summed E-state index contributed by atoms with van der Waals surface area (Å²) >= 11 is 6.02. The van der Waals surface area contributed by atoms with Gasteiger partial charge in [-0.25, -0.2) is 9.97 Å². The highest BCUT2D eigenvalue weighted by atomic mass is 35.5. The van der Waals surface area contributed by atoms with Gasteiger partial charge in [0.1, 0.15) is 23.9 Å². The van der Waals surface area contributed by atoms with Gasteiger partial charge in [-0.15, -0.1) is 0 Å². The first-order chi connectivity index (χ1) is 15.3. The Labute approximate surface area is 187 Å². The van der Waals surface area contributed by atoms with Gasteiger partial charge in [-0.1, -0.05) is 17.7 Å². The molecule has 0 radical (unpaired) electrons. The molecule has 0 saturated heterocycles. The molecule has 0 fully saturated rings. The molecule has 3 aromatic rings. The number of hydrogen-bond donors (Lipinski definition) is 1. The maximum Gasteiger partial charge on any atom is 0.433 e. The highest BCUT2D eigenvalue weighted by molar-refractivity contribution is 6.30. The molecule has 0 atom stereocenters. The van der Waals surface area contributed by atoms with E-state index in [0.717, 1.165) is 23.0 Å². The topological polar surface area (TPSA) is 77.7 Å². The zero-order valence-electron chi connectivity index (χ0n) is 16.8. The van der Waals surface area contributed by atoms with E-state index in [1.807, 2.05) is 6.07 Å². The molecule has 0 unspecified atom stereocenters. The van der Waals surface area contributed by atoms with Gasteiger partial charge in [0.2, 0.25) is 0 Å². The van der Waals surface area contributed by atoms with Crippen molar-refractivity contribution in [1.82, 2.24) is 15.0 Å². The number of fused-ring (bicyclic) bond motifs is 1. The van der Waals surface area contributed by atoms with Crippen molar-refractivity contribution in [2.45, 2.75) is 25.6 Å². The summed E-state index contributed by atoms with van der Waals surface area (Å²) < 4.78 is 38.0. The number of benzene rings is 1. The van der Waals surface area contributed by atoms with Crippen LogP contribution in [0.4, 0.5) is 24.7 Å². The molecule has 2 aromatic heterocycles. The molecule has 0 bridgehead atoms. The quantitative estimate of drug-likeness (QED) is 0.600. The molecule has 1 N–H and O–H groups in total. The number of pyridine rings is 1. The van der Waals surface area contributed by atoms with Crippen LogP contribution in [0.1, 0.15) is 28.1 Å². The number of nitrogens with one attached hydrogen (secondary N) is 1. The van der Waals surface area contributed by atoms with Crippen molar-refractivity contribution in [3.05, 3.63) is 76.0 Å². The molecule has 164 valence electrons. The van der Waals surface area contributed by atoms with Crippen LogP contribution in [0.3, 0.4) is 0 Å². The molecule has 4 rings (SSSR count). The van der Waals surface area contributed by atoms with Crippen LogP contribution >= 0.6 is 11.6 Å².